The van der Waals surface area contributed by atoms with E-state index in [9.17, 15) is 9.59 Å². The Morgan fingerprint density at radius 1 is 1.14 bits per heavy atom. The van der Waals surface area contributed by atoms with E-state index in [1.54, 1.807) is 4.68 Å². The monoisotopic (exact) mass is 395 g/mol. The maximum Gasteiger partial charge on any atom is 0.320 e. The van der Waals surface area contributed by atoms with Crippen LogP contribution in [0.15, 0.2) is 36.7 Å². The smallest absolute Gasteiger partial charge is 0.320 e. The second-order valence-corrected chi connectivity index (χ2v) is 8.17. The summed E-state index contributed by atoms with van der Waals surface area (Å²) in [6.45, 7) is 2.80. The van der Waals surface area contributed by atoms with Gasteiger partial charge in [0, 0.05) is 50.9 Å². The number of amides is 3. The third kappa shape index (κ3) is 3.48. The lowest BCUT2D eigenvalue weighted by Gasteiger charge is -2.46. The molecule has 5 rings (SSSR count). The first-order valence-electron chi connectivity index (χ1n) is 10.1. The average molecular weight is 395 g/mol. The van der Waals surface area contributed by atoms with Gasteiger partial charge in [0.25, 0.3) is 0 Å². The Hall–Kier alpha value is -2.87. The molecule has 0 spiro atoms. The molecule has 2 atom stereocenters. The average Bonchev–Trinajstić information content (AvgIpc) is 3.13. The van der Waals surface area contributed by atoms with Crippen molar-refractivity contribution in [1.82, 2.24) is 24.9 Å². The Balaban J connectivity index is 1.16. The highest BCUT2D eigenvalue weighted by Gasteiger charge is 2.40. The second-order valence-electron chi connectivity index (χ2n) is 8.17. The summed E-state index contributed by atoms with van der Waals surface area (Å²) >= 11 is 0. The van der Waals surface area contributed by atoms with Gasteiger partial charge in [-0.2, -0.15) is 5.10 Å². The van der Waals surface area contributed by atoms with Crippen LogP contribution >= 0.6 is 0 Å². The third-order valence-corrected chi connectivity index (χ3v) is 6.17. The minimum absolute atomic E-state index is 0.0271. The number of carbonyl (C=O) groups is 2. The van der Waals surface area contributed by atoms with Crippen molar-refractivity contribution >= 4 is 11.9 Å². The van der Waals surface area contributed by atoms with Crippen molar-refractivity contribution in [3.8, 4) is 11.1 Å². The van der Waals surface area contributed by atoms with Gasteiger partial charge in [0.05, 0.1) is 18.3 Å². The Morgan fingerprint density at radius 2 is 1.93 bits per heavy atom. The van der Waals surface area contributed by atoms with Crippen LogP contribution in [-0.2, 0) is 16.6 Å². The standard InChI is InChI=1S/C21H25N5O3/c1-24-9-16(8-22-24)14-2-4-15(5-3-14)17-10-26(11-17)21(28)25-7-6-19-18(12-25)23-20(27)13-29-19/h2-5,8-9,17-19H,6-7,10-13H2,1H3,(H,23,27)/t18?,19-/m0/s1. The molecule has 1 N–H and O–H groups in total. The van der Waals surface area contributed by atoms with Gasteiger partial charge in [0.1, 0.15) is 6.61 Å². The highest BCUT2D eigenvalue weighted by molar-refractivity contribution is 5.79. The highest BCUT2D eigenvalue weighted by atomic mass is 16.5. The summed E-state index contributed by atoms with van der Waals surface area (Å²) < 4.78 is 7.37. The van der Waals surface area contributed by atoms with Crippen molar-refractivity contribution in [1.29, 1.82) is 0 Å². The number of rotatable bonds is 2. The largest absolute Gasteiger partial charge is 0.366 e. The van der Waals surface area contributed by atoms with Crippen LogP contribution < -0.4 is 5.32 Å². The van der Waals surface area contributed by atoms with Gasteiger partial charge in [0.15, 0.2) is 0 Å². The first-order valence-corrected chi connectivity index (χ1v) is 10.1. The maximum atomic E-state index is 12.8. The molecule has 152 valence electrons. The van der Waals surface area contributed by atoms with Crippen molar-refractivity contribution in [3.05, 3.63) is 42.2 Å². The zero-order valence-corrected chi connectivity index (χ0v) is 16.5. The molecule has 0 radical (unpaired) electrons. The minimum atomic E-state index is -0.0979. The molecular weight excluding hydrogens is 370 g/mol. The molecule has 1 aromatic heterocycles. The summed E-state index contributed by atoms with van der Waals surface area (Å²) in [7, 11) is 1.91. The van der Waals surface area contributed by atoms with Crippen LogP contribution in [0.4, 0.5) is 4.79 Å². The lowest BCUT2D eigenvalue weighted by atomic mass is 9.90. The summed E-state index contributed by atoms with van der Waals surface area (Å²) in [5.41, 5.74) is 3.51. The third-order valence-electron chi connectivity index (χ3n) is 6.17. The number of piperidine rings is 1. The van der Waals surface area contributed by atoms with Crippen LogP contribution in [0.1, 0.15) is 17.9 Å². The predicted molar refractivity (Wildman–Crippen MR) is 106 cm³/mol. The summed E-state index contributed by atoms with van der Waals surface area (Å²) in [5, 5.41) is 7.17. The molecule has 3 aliphatic rings. The van der Waals surface area contributed by atoms with E-state index in [0.717, 1.165) is 30.6 Å². The van der Waals surface area contributed by atoms with E-state index in [0.29, 0.717) is 19.0 Å². The van der Waals surface area contributed by atoms with Gasteiger partial charge in [-0.15, -0.1) is 0 Å². The zero-order valence-electron chi connectivity index (χ0n) is 16.5. The van der Waals surface area contributed by atoms with Gasteiger partial charge in [-0.3, -0.25) is 9.48 Å². The van der Waals surface area contributed by atoms with E-state index in [4.69, 9.17) is 4.74 Å². The number of urea groups is 1. The van der Waals surface area contributed by atoms with Gasteiger partial charge in [-0.1, -0.05) is 24.3 Å². The molecule has 1 aromatic carbocycles. The van der Waals surface area contributed by atoms with Gasteiger partial charge < -0.3 is 19.9 Å². The number of aromatic nitrogens is 2. The van der Waals surface area contributed by atoms with Crippen LogP contribution in [0.5, 0.6) is 0 Å². The number of fused-ring (bicyclic) bond motifs is 1. The molecular formula is C21H25N5O3. The minimum Gasteiger partial charge on any atom is -0.366 e. The van der Waals surface area contributed by atoms with Crippen molar-refractivity contribution in [3.63, 3.8) is 0 Å². The van der Waals surface area contributed by atoms with Crippen LogP contribution in [0.25, 0.3) is 11.1 Å². The second kappa shape index (κ2) is 7.18. The number of hydrogen-bond donors (Lipinski definition) is 1. The number of likely N-dealkylation sites (tertiary alicyclic amines) is 2. The molecule has 0 saturated carbocycles. The molecule has 2 aromatic rings. The molecule has 3 fully saturated rings. The first kappa shape index (κ1) is 18.2. The van der Waals surface area contributed by atoms with Gasteiger partial charge in [0.2, 0.25) is 5.91 Å². The molecule has 3 aliphatic heterocycles. The zero-order chi connectivity index (χ0) is 20.0. The molecule has 8 heteroatoms. The summed E-state index contributed by atoms with van der Waals surface area (Å²) in [6.07, 6.45) is 4.66. The number of nitrogens with zero attached hydrogens (tertiary/aromatic N) is 4. The lowest BCUT2D eigenvalue weighted by Crippen LogP contribution is -2.63. The molecule has 29 heavy (non-hydrogen) atoms. The number of carbonyl (C=O) groups excluding carboxylic acids is 2. The van der Waals surface area contributed by atoms with Gasteiger partial charge in [-0.25, -0.2) is 4.79 Å². The summed E-state index contributed by atoms with van der Waals surface area (Å²) in [4.78, 5) is 28.1. The van der Waals surface area contributed by atoms with Crippen molar-refractivity contribution < 1.29 is 14.3 Å². The Bertz CT molecular complexity index is 919. The first-order chi connectivity index (χ1) is 14.1. The Labute approximate surface area is 169 Å². The van der Waals surface area contributed by atoms with E-state index in [-0.39, 0.29) is 30.7 Å². The SMILES string of the molecule is Cn1cc(-c2ccc(C3CN(C(=O)N4CC[C@@H]5OCC(=O)NC5C4)C3)cc2)cn1. The number of aryl methyl sites for hydroxylation is 1. The molecule has 4 heterocycles. The molecule has 1 unspecified atom stereocenters. The number of morpholine rings is 1. The normalized spacial score (nSPS) is 24.7. The quantitative estimate of drug-likeness (QED) is 0.829. The van der Waals surface area contributed by atoms with E-state index in [1.807, 2.05) is 29.2 Å². The molecule has 8 nitrogen and oxygen atoms in total. The van der Waals surface area contributed by atoms with Gasteiger partial charge in [-0.05, 0) is 17.5 Å². The number of benzene rings is 1. The molecule has 3 amide bonds. The van der Waals surface area contributed by atoms with E-state index < -0.39 is 0 Å². The summed E-state index contributed by atoms with van der Waals surface area (Å²) in [6, 6.07) is 8.50. The fourth-order valence-corrected chi connectivity index (χ4v) is 4.44. The Morgan fingerprint density at radius 3 is 2.66 bits per heavy atom. The van der Waals surface area contributed by atoms with Crippen LogP contribution in [-0.4, -0.2) is 76.5 Å². The van der Waals surface area contributed by atoms with Crippen LogP contribution in [0.3, 0.4) is 0 Å². The van der Waals surface area contributed by atoms with Crippen molar-refractivity contribution in [2.75, 3.05) is 32.8 Å². The maximum absolute atomic E-state index is 12.8. The van der Waals surface area contributed by atoms with Crippen LogP contribution in [0.2, 0.25) is 0 Å². The number of nitrogens with one attached hydrogen (secondary N) is 1. The number of ether oxygens (including phenoxy) is 1. The summed E-state index contributed by atoms with van der Waals surface area (Å²) in [5.74, 6) is 0.274. The fraction of sp³-hybridized carbons (Fsp3) is 0.476. The van der Waals surface area contributed by atoms with Crippen molar-refractivity contribution in [2.24, 2.45) is 7.05 Å². The van der Waals surface area contributed by atoms with E-state index >= 15 is 0 Å². The Kier molecular flexibility index (Phi) is 4.50. The lowest BCUT2D eigenvalue weighted by molar-refractivity contribution is -0.139. The fourth-order valence-electron chi connectivity index (χ4n) is 4.44. The topological polar surface area (TPSA) is 79.7 Å². The van der Waals surface area contributed by atoms with E-state index in [1.165, 1.54) is 5.56 Å². The predicted octanol–water partition coefficient (Wildman–Crippen LogP) is 1.20. The van der Waals surface area contributed by atoms with Crippen LogP contribution in [0, 0.1) is 0 Å². The van der Waals surface area contributed by atoms with Gasteiger partial charge >= 0.3 is 6.03 Å². The molecule has 0 bridgehead atoms. The highest BCUT2D eigenvalue weighted by Crippen LogP contribution is 2.30. The van der Waals surface area contributed by atoms with Crippen molar-refractivity contribution in [2.45, 2.75) is 24.5 Å². The molecule has 0 aliphatic carbocycles. The number of hydrogen-bond acceptors (Lipinski definition) is 4. The van der Waals surface area contributed by atoms with E-state index in [2.05, 4.69) is 34.7 Å². The molecule has 3 saturated heterocycles.